The molecule has 0 unspecified atom stereocenters. The Balaban J connectivity index is 2.45. The number of rotatable bonds is 0. The van der Waals surface area contributed by atoms with Crippen molar-refractivity contribution in [1.29, 1.82) is 0 Å². The van der Waals surface area contributed by atoms with Crippen LogP contribution in [-0.2, 0) is 17.8 Å². The SMILES string of the molecule is Brc1scc2c1CCOC2. The third kappa shape index (κ3) is 1.02. The second-order valence-electron chi connectivity index (χ2n) is 2.32. The van der Waals surface area contributed by atoms with Gasteiger partial charge >= 0.3 is 0 Å². The fraction of sp³-hybridized carbons (Fsp3) is 0.429. The van der Waals surface area contributed by atoms with Gasteiger partial charge in [0, 0.05) is 0 Å². The summed E-state index contributed by atoms with van der Waals surface area (Å²) in [7, 11) is 0. The molecule has 0 bridgehead atoms. The van der Waals surface area contributed by atoms with Crippen LogP contribution in [0.15, 0.2) is 9.17 Å². The van der Waals surface area contributed by atoms with E-state index >= 15 is 0 Å². The lowest BCUT2D eigenvalue weighted by molar-refractivity contribution is 0.111. The zero-order valence-corrected chi connectivity index (χ0v) is 7.80. The maximum atomic E-state index is 5.30. The highest BCUT2D eigenvalue weighted by Crippen LogP contribution is 2.31. The molecule has 0 radical (unpaired) electrons. The van der Waals surface area contributed by atoms with Crippen molar-refractivity contribution >= 4 is 27.3 Å². The van der Waals surface area contributed by atoms with Crippen LogP contribution in [0.4, 0.5) is 0 Å². The molecule has 54 valence electrons. The van der Waals surface area contributed by atoms with Gasteiger partial charge in [-0.1, -0.05) is 0 Å². The molecule has 0 aromatic carbocycles. The molecular weight excluding hydrogens is 212 g/mol. The maximum Gasteiger partial charge on any atom is 0.0734 e. The Morgan fingerprint density at radius 2 is 2.50 bits per heavy atom. The molecule has 1 nitrogen and oxygen atoms in total. The Morgan fingerprint density at radius 3 is 3.30 bits per heavy atom. The van der Waals surface area contributed by atoms with E-state index in [2.05, 4.69) is 21.3 Å². The highest BCUT2D eigenvalue weighted by molar-refractivity contribution is 9.11. The van der Waals surface area contributed by atoms with Crippen molar-refractivity contribution in [2.75, 3.05) is 6.61 Å². The molecule has 0 saturated carbocycles. The third-order valence-electron chi connectivity index (χ3n) is 1.68. The van der Waals surface area contributed by atoms with Gasteiger partial charge in [-0.2, -0.15) is 0 Å². The fourth-order valence-corrected chi connectivity index (χ4v) is 2.69. The molecule has 10 heavy (non-hydrogen) atoms. The van der Waals surface area contributed by atoms with Gasteiger partial charge in [-0.3, -0.25) is 0 Å². The van der Waals surface area contributed by atoms with Crippen LogP contribution in [-0.4, -0.2) is 6.61 Å². The molecule has 1 aromatic rings. The number of fused-ring (bicyclic) bond motifs is 1. The van der Waals surface area contributed by atoms with Crippen LogP contribution in [0.1, 0.15) is 11.1 Å². The molecule has 1 aliphatic rings. The smallest absolute Gasteiger partial charge is 0.0734 e. The van der Waals surface area contributed by atoms with E-state index in [-0.39, 0.29) is 0 Å². The zero-order chi connectivity index (χ0) is 6.97. The number of thiophene rings is 1. The van der Waals surface area contributed by atoms with Gasteiger partial charge in [-0.25, -0.2) is 0 Å². The second-order valence-corrected chi connectivity index (χ2v) is 4.51. The van der Waals surface area contributed by atoms with Crippen molar-refractivity contribution in [3.63, 3.8) is 0 Å². The van der Waals surface area contributed by atoms with Gasteiger partial charge in [0.25, 0.3) is 0 Å². The zero-order valence-electron chi connectivity index (χ0n) is 5.39. The van der Waals surface area contributed by atoms with Crippen LogP contribution in [0.25, 0.3) is 0 Å². The van der Waals surface area contributed by atoms with E-state index in [0.717, 1.165) is 19.6 Å². The first-order chi connectivity index (χ1) is 4.88. The van der Waals surface area contributed by atoms with E-state index in [1.807, 2.05) is 0 Å². The van der Waals surface area contributed by atoms with Crippen LogP contribution >= 0.6 is 27.3 Å². The normalized spacial score (nSPS) is 16.9. The molecule has 0 atom stereocenters. The summed E-state index contributed by atoms with van der Waals surface area (Å²) < 4.78 is 6.58. The Hall–Kier alpha value is 0.140. The topological polar surface area (TPSA) is 9.23 Å². The summed E-state index contributed by atoms with van der Waals surface area (Å²) in [6, 6.07) is 0. The lowest BCUT2D eigenvalue weighted by Crippen LogP contribution is -2.07. The van der Waals surface area contributed by atoms with Crippen LogP contribution in [0.5, 0.6) is 0 Å². The summed E-state index contributed by atoms with van der Waals surface area (Å²) in [5.41, 5.74) is 2.82. The molecular formula is C7H7BrOS. The Morgan fingerprint density at radius 1 is 1.60 bits per heavy atom. The summed E-state index contributed by atoms with van der Waals surface area (Å²) >= 11 is 5.27. The minimum Gasteiger partial charge on any atom is -0.376 e. The number of hydrogen-bond acceptors (Lipinski definition) is 2. The van der Waals surface area contributed by atoms with E-state index < -0.39 is 0 Å². The monoisotopic (exact) mass is 218 g/mol. The van der Waals surface area contributed by atoms with Crippen LogP contribution in [0, 0.1) is 0 Å². The van der Waals surface area contributed by atoms with Crippen molar-refractivity contribution < 1.29 is 4.74 Å². The Bertz CT molecular complexity index is 244. The van der Waals surface area contributed by atoms with Gasteiger partial charge in [0.15, 0.2) is 0 Å². The highest BCUT2D eigenvalue weighted by atomic mass is 79.9. The van der Waals surface area contributed by atoms with Gasteiger partial charge in [-0.15, -0.1) is 11.3 Å². The van der Waals surface area contributed by atoms with Crippen LogP contribution in [0.2, 0.25) is 0 Å². The lowest BCUT2D eigenvalue weighted by Gasteiger charge is -2.11. The summed E-state index contributed by atoms with van der Waals surface area (Å²) in [4.78, 5) is 0. The molecule has 2 heterocycles. The number of ether oxygens (including phenoxy) is 1. The fourth-order valence-electron chi connectivity index (χ4n) is 1.13. The highest BCUT2D eigenvalue weighted by Gasteiger charge is 2.13. The minimum atomic E-state index is 0.803. The van der Waals surface area contributed by atoms with Crippen LogP contribution < -0.4 is 0 Å². The summed E-state index contributed by atoms with van der Waals surface area (Å²) in [6.07, 6.45) is 1.07. The molecule has 0 fully saturated rings. The predicted molar refractivity (Wildman–Crippen MR) is 45.4 cm³/mol. The van der Waals surface area contributed by atoms with Gasteiger partial charge in [0.2, 0.25) is 0 Å². The van der Waals surface area contributed by atoms with E-state index in [1.54, 1.807) is 11.3 Å². The molecule has 3 heteroatoms. The summed E-state index contributed by atoms with van der Waals surface area (Å²) in [5.74, 6) is 0. The number of halogens is 1. The largest absolute Gasteiger partial charge is 0.376 e. The standard InChI is InChI=1S/C7H7BrOS/c8-7-6-1-2-9-3-5(6)4-10-7/h4H,1-3H2. The summed E-state index contributed by atoms with van der Waals surface area (Å²) in [6.45, 7) is 1.68. The second kappa shape index (κ2) is 2.64. The van der Waals surface area contributed by atoms with Gasteiger partial charge in [-0.05, 0) is 38.9 Å². The van der Waals surface area contributed by atoms with E-state index in [1.165, 1.54) is 14.9 Å². The molecule has 0 spiro atoms. The molecule has 1 aliphatic heterocycles. The summed E-state index contributed by atoms with van der Waals surface area (Å²) in [5, 5.41) is 2.17. The third-order valence-corrected chi connectivity index (χ3v) is 3.58. The van der Waals surface area contributed by atoms with Gasteiger partial charge < -0.3 is 4.74 Å². The molecule has 0 amide bonds. The molecule has 0 aliphatic carbocycles. The first-order valence-electron chi connectivity index (χ1n) is 3.20. The van der Waals surface area contributed by atoms with Gasteiger partial charge in [0.1, 0.15) is 0 Å². The van der Waals surface area contributed by atoms with Crippen molar-refractivity contribution in [1.82, 2.24) is 0 Å². The lowest BCUT2D eigenvalue weighted by atomic mass is 10.1. The van der Waals surface area contributed by atoms with Crippen molar-refractivity contribution in [3.05, 3.63) is 20.3 Å². The first kappa shape index (κ1) is 6.83. The Labute approximate surface area is 72.1 Å². The quantitative estimate of drug-likeness (QED) is 0.651. The molecule has 0 saturated heterocycles. The van der Waals surface area contributed by atoms with Crippen molar-refractivity contribution in [2.45, 2.75) is 13.0 Å². The molecule has 1 aromatic heterocycles. The van der Waals surface area contributed by atoms with Gasteiger partial charge in [0.05, 0.1) is 17.0 Å². The van der Waals surface area contributed by atoms with Crippen molar-refractivity contribution in [2.24, 2.45) is 0 Å². The van der Waals surface area contributed by atoms with E-state index in [0.29, 0.717) is 0 Å². The Kier molecular flexibility index (Phi) is 1.80. The predicted octanol–water partition coefficient (Wildman–Crippen LogP) is 2.58. The molecule has 2 rings (SSSR count). The first-order valence-corrected chi connectivity index (χ1v) is 4.87. The maximum absolute atomic E-state index is 5.30. The van der Waals surface area contributed by atoms with E-state index in [4.69, 9.17) is 4.74 Å². The van der Waals surface area contributed by atoms with Crippen LogP contribution in [0.3, 0.4) is 0 Å². The average Bonchev–Trinajstić information content (AvgIpc) is 2.34. The van der Waals surface area contributed by atoms with E-state index in [9.17, 15) is 0 Å². The molecule has 0 N–H and O–H groups in total. The minimum absolute atomic E-state index is 0.803. The van der Waals surface area contributed by atoms with Crippen molar-refractivity contribution in [3.8, 4) is 0 Å². The average molecular weight is 219 g/mol. The number of hydrogen-bond donors (Lipinski definition) is 0.